The molecule has 0 bridgehead atoms. The first-order valence-corrected chi connectivity index (χ1v) is 7.57. The number of nitrogens with one attached hydrogen (secondary N) is 1. The molecule has 1 aliphatic rings. The maximum Gasteiger partial charge on any atom is 0.0772 e. The lowest BCUT2D eigenvalue weighted by molar-refractivity contribution is 0.211. The van der Waals surface area contributed by atoms with Crippen molar-refractivity contribution < 1.29 is 0 Å². The minimum atomic E-state index is 0.154. The Bertz CT molecular complexity index is 346. The SMILES string of the molecule is CCCCC1CCC(C(NN)c2cnccn2)CC1. The highest BCUT2D eigenvalue weighted by atomic mass is 15.2. The molecule has 1 heterocycles. The Labute approximate surface area is 116 Å². The highest BCUT2D eigenvalue weighted by molar-refractivity contribution is 5.04. The van der Waals surface area contributed by atoms with Crippen LogP contribution >= 0.6 is 0 Å². The van der Waals surface area contributed by atoms with E-state index in [0.29, 0.717) is 5.92 Å². The minimum absolute atomic E-state index is 0.154. The highest BCUT2D eigenvalue weighted by Gasteiger charge is 2.28. The summed E-state index contributed by atoms with van der Waals surface area (Å²) < 4.78 is 0. The number of unbranched alkanes of at least 4 members (excludes halogenated alkanes) is 1. The van der Waals surface area contributed by atoms with Crippen LogP contribution in [0.5, 0.6) is 0 Å². The molecule has 19 heavy (non-hydrogen) atoms. The molecule has 4 heteroatoms. The highest BCUT2D eigenvalue weighted by Crippen LogP contribution is 2.37. The van der Waals surface area contributed by atoms with E-state index in [0.717, 1.165) is 11.6 Å². The summed E-state index contributed by atoms with van der Waals surface area (Å²) in [5.74, 6) is 7.26. The molecule has 106 valence electrons. The van der Waals surface area contributed by atoms with Crippen LogP contribution in [0.4, 0.5) is 0 Å². The molecule has 0 aliphatic heterocycles. The molecule has 1 aliphatic carbocycles. The van der Waals surface area contributed by atoms with E-state index < -0.39 is 0 Å². The third-order valence-electron chi connectivity index (χ3n) is 4.41. The fraction of sp³-hybridized carbons (Fsp3) is 0.733. The van der Waals surface area contributed by atoms with E-state index in [2.05, 4.69) is 22.3 Å². The average molecular weight is 262 g/mol. The van der Waals surface area contributed by atoms with Crippen molar-refractivity contribution >= 4 is 0 Å². The van der Waals surface area contributed by atoms with Gasteiger partial charge in [0, 0.05) is 12.4 Å². The number of rotatable bonds is 6. The Morgan fingerprint density at radius 2 is 2.11 bits per heavy atom. The Morgan fingerprint density at radius 1 is 1.32 bits per heavy atom. The van der Waals surface area contributed by atoms with E-state index >= 15 is 0 Å². The van der Waals surface area contributed by atoms with Gasteiger partial charge < -0.3 is 0 Å². The van der Waals surface area contributed by atoms with Gasteiger partial charge in [0.15, 0.2) is 0 Å². The Morgan fingerprint density at radius 3 is 2.68 bits per heavy atom. The van der Waals surface area contributed by atoms with Crippen LogP contribution in [-0.2, 0) is 0 Å². The Balaban J connectivity index is 1.89. The second-order valence-corrected chi connectivity index (χ2v) is 5.70. The van der Waals surface area contributed by atoms with E-state index in [1.54, 1.807) is 12.4 Å². The zero-order chi connectivity index (χ0) is 13.5. The molecule has 4 nitrogen and oxygen atoms in total. The number of nitrogens with zero attached hydrogens (tertiary/aromatic N) is 2. The summed E-state index contributed by atoms with van der Waals surface area (Å²) in [5.41, 5.74) is 3.92. The van der Waals surface area contributed by atoms with Gasteiger partial charge in [0.25, 0.3) is 0 Å². The van der Waals surface area contributed by atoms with Gasteiger partial charge in [-0.05, 0) is 24.7 Å². The van der Waals surface area contributed by atoms with Crippen molar-refractivity contribution in [3.63, 3.8) is 0 Å². The second-order valence-electron chi connectivity index (χ2n) is 5.70. The molecule has 1 fully saturated rings. The van der Waals surface area contributed by atoms with Gasteiger partial charge in [0.05, 0.1) is 17.9 Å². The van der Waals surface area contributed by atoms with E-state index in [9.17, 15) is 0 Å². The summed E-state index contributed by atoms with van der Waals surface area (Å²) >= 11 is 0. The lowest BCUT2D eigenvalue weighted by Crippen LogP contribution is -2.36. The molecule has 0 radical (unpaired) electrons. The predicted molar refractivity (Wildman–Crippen MR) is 77.1 cm³/mol. The lowest BCUT2D eigenvalue weighted by Gasteiger charge is -2.33. The number of hydrazine groups is 1. The zero-order valence-corrected chi connectivity index (χ0v) is 11.9. The van der Waals surface area contributed by atoms with E-state index in [1.165, 1.54) is 44.9 Å². The van der Waals surface area contributed by atoms with Crippen molar-refractivity contribution in [2.45, 2.75) is 57.9 Å². The molecular formula is C15H26N4. The number of aromatic nitrogens is 2. The van der Waals surface area contributed by atoms with E-state index in [4.69, 9.17) is 5.84 Å². The summed E-state index contributed by atoms with van der Waals surface area (Å²) in [5, 5.41) is 0. The van der Waals surface area contributed by atoms with Gasteiger partial charge in [-0.15, -0.1) is 0 Å². The van der Waals surface area contributed by atoms with E-state index in [-0.39, 0.29) is 6.04 Å². The summed E-state index contributed by atoms with van der Waals surface area (Å²) in [4.78, 5) is 8.53. The molecule has 0 saturated heterocycles. The second kappa shape index (κ2) is 7.56. The van der Waals surface area contributed by atoms with Crippen LogP contribution in [-0.4, -0.2) is 9.97 Å². The van der Waals surface area contributed by atoms with Gasteiger partial charge in [0.1, 0.15) is 0 Å². The monoisotopic (exact) mass is 262 g/mol. The summed E-state index contributed by atoms with van der Waals surface area (Å²) in [6, 6.07) is 0.154. The molecule has 1 atom stereocenters. The van der Waals surface area contributed by atoms with Gasteiger partial charge in [-0.25, -0.2) is 0 Å². The van der Waals surface area contributed by atoms with Crippen LogP contribution in [0, 0.1) is 11.8 Å². The molecule has 1 aromatic rings. The quantitative estimate of drug-likeness (QED) is 0.611. The normalized spacial score (nSPS) is 25.2. The molecule has 0 amide bonds. The maximum atomic E-state index is 5.73. The number of nitrogens with two attached hydrogens (primary N) is 1. The molecular weight excluding hydrogens is 236 g/mol. The molecule has 1 saturated carbocycles. The predicted octanol–water partition coefficient (Wildman–Crippen LogP) is 2.98. The third-order valence-corrected chi connectivity index (χ3v) is 4.41. The fourth-order valence-electron chi connectivity index (χ4n) is 3.24. The van der Waals surface area contributed by atoms with Gasteiger partial charge in [-0.2, -0.15) is 0 Å². The molecule has 0 aromatic carbocycles. The van der Waals surface area contributed by atoms with Crippen molar-refractivity contribution in [2.75, 3.05) is 0 Å². The van der Waals surface area contributed by atoms with Gasteiger partial charge in [-0.1, -0.05) is 39.0 Å². The largest absolute Gasteiger partial charge is 0.271 e. The van der Waals surface area contributed by atoms with Crippen molar-refractivity contribution in [1.29, 1.82) is 0 Å². The Kier molecular flexibility index (Phi) is 5.73. The fourth-order valence-corrected chi connectivity index (χ4v) is 3.24. The zero-order valence-electron chi connectivity index (χ0n) is 11.9. The summed E-state index contributed by atoms with van der Waals surface area (Å²) in [6.07, 6.45) is 14.5. The van der Waals surface area contributed by atoms with Crippen LogP contribution in [0.1, 0.15) is 63.6 Å². The first kappa shape index (κ1) is 14.4. The Hall–Kier alpha value is -1.00. The molecule has 2 rings (SSSR count). The van der Waals surface area contributed by atoms with Gasteiger partial charge >= 0.3 is 0 Å². The van der Waals surface area contributed by atoms with Gasteiger partial charge in [-0.3, -0.25) is 21.2 Å². The van der Waals surface area contributed by atoms with Crippen molar-refractivity contribution in [2.24, 2.45) is 17.7 Å². The minimum Gasteiger partial charge on any atom is -0.271 e. The summed E-state index contributed by atoms with van der Waals surface area (Å²) in [6.45, 7) is 2.27. The van der Waals surface area contributed by atoms with Crippen LogP contribution in [0.15, 0.2) is 18.6 Å². The number of hydrogen-bond acceptors (Lipinski definition) is 4. The van der Waals surface area contributed by atoms with Crippen molar-refractivity contribution in [3.8, 4) is 0 Å². The molecule has 1 unspecified atom stereocenters. The van der Waals surface area contributed by atoms with Gasteiger partial charge in [0.2, 0.25) is 0 Å². The van der Waals surface area contributed by atoms with Crippen molar-refractivity contribution in [1.82, 2.24) is 15.4 Å². The average Bonchev–Trinajstić information content (AvgIpc) is 2.48. The molecule has 0 spiro atoms. The molecule has 3 N–H and O–H groups in total. The van der Waals surface area contributed by atoms with Crippen LogP contribution in [0.25, 0.3) is 0 Å². The van der Waals surface area contributed by atoms with Crippen molar-refractivity contribution in [3.05, 3.63) is 24.3 Å². The third kappa shape index (κ3) is 3.98. The number of hydrogen-bond donors (Lipinski definition) is 2. The smallest absolute Gasteiger partial charge is 0.0772 e. The van der Waals surface area contributed by atoms with Crippen LogP contribution < -0.4 is 11.3 Å². The van der Waals surface area contributed by atoms with Crippen LogP contribution in [0.3, 0.4) is 0 Å². The lowest BCUT2D eigenvalue weighted by atomic mass is 9.76. The first-order valence-electron chi connectivity index (χ1n) is 7.57. The maximum absolute atomic E-state index is 5.73. The molecule has 1 aromatic heterocycles. The standard InChI is InChI=1S/C15H26N4/c1-2-3-4-12-5-7-13(8-6-12)15(19-16)14-11-17-9-10-18-14/h9-13,15,19H,2-8,16H2,1H3. The topological polar surface area (TPSA) is 63.8 Å². The van der Waals surface area contributed by atoms with E-state index in [1.807, 2.05) is 6.20 Å². The first-order chi connectivity index (χ1) is 9.35. The van der Waals surface area contributed by atoms with Crippen LogP contribution in [0.2, 0.25) is 0 Å². The summed E-state index contributed by atoms with van der Waals surface area (Å²) in [7, 11) is 0.